The van der Waals surface area contributed by atoms with Crippen LogP contribution < -0.4 is 11.2 Å². The lowest BCUT2D eigenvalue weighted by Crippen LogP contribution is -2.41. The van der Waals surface area contributed by atoms with Crippen LogP contribution in [0.15, 0.2) is 15.9 Å². The summed E-state index contributed by atoms with van der Waals surface area (Å²) in [5.41, 5.74) is 0.252. The van der Waals surface area contributed by atoms with Crippen molar-refractivity contribution in [2.75, 3.05) is 6.61 Å². The molecule has 2 aromatic rings. The lowest BCUT2D eigenvalue weighted by atomic mass is 10.2. The number of aliphatic hydroxyl groups is 1. The molecule has 0 radical (unpaired) electrons. The van der Waals surface area contributed by atoms with E-state index in [-0.39, 0.29) is 30.3 Å². The van der Waals surface area contributed by atoms with Gasteiger partial charge in [0, 0.05) is 26.2 Å². The van der Waals surface area contributed by atoms with Gasteiger partial charge in [0.15, 0.2) is 11.2 Å². The van der Waals surface area contributed by atoms with Crippen molar-refractivity contribution in [3.8, 4) is 0 Å². The highest BCUT2D eigenvalue weighted by molar-refractivity contribution is 5.70. The topological polar surface area (TPSA) is 82.1 Å². The molecule has 0 unspecified atom stereocenters. The van der Waals surface area contributed by atoms with Gasteiger partial charge < -0.3 is 9.67 Å². The number of aliphatic hydroxyl groups excluding tert-OH is 1. The first-order valence-corrected chi connectivity index (χ1v) is 8.16. The third-order valence-corrected chi connectivity index (χ3v) is 3.63. The van der Waals surface area contributed by atoms with E-state index in [0.29, 0.717) is 36.6 Å². The van der Waals surface area contributed by atoms with E-state index in [1.54, 1.807) is 10.9 Å². The number of rotatable bonds is 7. The summed E-state index contributed by atoms with van der Waals surface area (Å²) in [6, 6.07) is 0. The maximum Gasteiger partial charge on any atom is 0.332 e. The molecule has 2 aromatic heterocycles. The van der Waals surface area contributed by atoms with Crippen LogP contribution in [0.4, 0.5) is 0 Å². The van der Waals surface area contributed by atoms with Crippen LogP contribution in [0.3, 0.4) is 0 Å². The summed E-state index contributed by atoms with van der Waals surface area (Å²) >= 11 is 0. The van der Waals surface area contributed by atoms with Gasteiger partial charge in [0.05, 0.1) is 6.33 Å². The molecule has 0 saturated heterocycles. The molecular weight excluding hydrogens is 296 g/mol. The number of hydrogen-bond acceptors (Lipinski definition) is 4. The molecule has 0 aliphatic carbocycles. The van der Waals surface area contributed by atoms with E-state index in [2.05, 4.69) is 18.8 Å². The summed E-state index contributed by atoms with van der Waals surface area (Å²) in [5, 5.41) is 9.03. The zero-order valence-electron chi connectivity index (χ0n) is 14.3. The molecule has 7 heteroatoms. The normalized spacial score (nSPS) is 12.0. The molecule has 0 amide bonds. The van der Waals surface area contributed by atoms with Crippen molar-refractivity contribution in [3.05, 3.63) is 27.2 Å². The molecule has 23 heavy (non-hydrogen) atoms. The number of aromatic nitrogens is 4. The number of imidazole rings is 1. The van der Waals surface area contributed by atoms with Gasteiger partial charge in [-0.2, -0.15) is 0 Å². The summed E-state index contributed by atoms with van der Waals surface area (Å²) in [5.74, 6) is 0.623. The monoisotopic (exact) mass is 322 g/mol. The second kappa shape index (κ2) is 7.12. The van der Waals surface area contributed by atoms with Gasteiger partial charge in [-0.1, -0.05) is 27.7 Å². The van der Waals surface area contributed by atoms with Crippen LogP contribution in [0.25, 0.3) is 11.2 Å². The molecule has 0 bridgehead atoms. The minimum atomic E-state index is -0.348. The molecule has 0 saturated carbocycles. The Bertz CT molecular complexity index is 783. The lowest BCUT2D eigenvalue weighted by molar-refractivity contribution is 0.277. The maximum atomic E-state index is 12.8. The van der Waals surface area contributed by atoms with Gasteiger partial charge in [-0.25, -0.2) is 9.78 Å². The molecular formula is C16H26N4O3. The largest absolute Gasteiger partial charge is 0.396 e. The van der Waals surface area contributed by atoms with E-state index in [9.17, 15) is 9.59 Å². The summed E-state index contributed by atoms with van der Waals surface area (Å²) in [6.07, 6.45) is 2.01. The summed E-state index contributed by atoms with van der Waals surface area (Å²) in [7, 11) is 0. The maximum absolute atomic E-state index is 12.8. The second-order valence-electron chi connectivity index (χ2n) is 6.78. The van der Waals surface area contributed by atoms with E-state index in [4.69, 9.17) is 5.11 Å². The first-order chi connectivity index (χ1) is 10.9. The van der Waals surface area contributed by atoms with Crippen LogP contribution in [0.1, 0.15) is 34.1 Å². The first-order valence-electron chi connectivity index (χ1n) is 8.16. The van der Waals surface area contributed by atoms with Gasteiger partial charge in [-0.3, -0.25) is 13.9 Å². The van der Waals surface area contributed by atoms with Gasteiger partial charge >= 0.3 is 5.69 Å². The Morgan fingerprint density at radius 2 is 1.74 bits per heavy atom. The number of nitrogens with zero attached hydrogens (tertiary/aromatic N) is 4. The molecule has 2 rings (SSSR count). The Morgan fingerprint density at radius 3 is 2.30 bits per heavy atom. The Morgan fingerprint density at radius 1 is 1.09 bits per heavy atom. The van der Waals surface area contributed by atoms with E-state index < -0.39 is 0 Å². The van der Waals surface area contributed by atoms with Crippen LogP contribution in [-0.4, -0.2) is 30.4 Å². The third-order valence-electron chi connectivity index (χ3n) is 3.63. The average Bonchev–Trinajstić information content (AvgIpc) is 2.86. The highest BCUT2D eigenvalue weighted by atomic mass is 16.3. The molecule has 0 aromatic carbocycles. The molecule has 0 atom stereocenters. The Balaban J connectivity index is 2.74. The third kappa shape index (κ3) is 3.55. The predicted octanol–water partition coefficient (Wildman–Crippen LogP) is 1.05. The van der Waals surface area contributed by atoms with Crippen molar-refractivity contribution in [2.45, 2.75) is 53.8 Å². The van der Waals surface area contributed by atoms with Gasteiger partial charge in [-0.05, 0) is 18.3 Å². The Labute approximate surface area is 135 Å². The average molecular weight is 322 g/mol. The SMILES string of the molecule is CC(C)Cn1cnc2c1c(=O)n(CCCO)c(=O)n2CC(C)C. The lowest BCUT2D eigenvalue weighted by Gasteiger charge is -2.14. The molecule has 0 aliphatic rings. The quantitative estimate of drug-likeness (QED) is 0.826. The van der Waals surface area contributed by atoms with Crippen molar-refractivity contribution < 1.29 is 5.11 Å². The van der Waals surface area contributed by atoms with Gasteiger partial charge in [0.25, 0.3) is 5.56 Å². The van der Waals surface area contributed by atoms with Crippen molar-refractivity contribution in [1.29, 1.82) is 0 Å². The predicted molar refractivity (Wildman–Crippen MR) is 89.6 cm³/mol. The molecule has 7 nitrogen and oxygen atoms in total. The minimum absolute atomic E-state index is 0.0562. The van der Waals surface area contributed by atoms with E-state index in [1.165, 1.54) is 4.57 Å². The number of fused-ring (bicyclic) bond motifs is 1. The molecule has 0 spiro atoms. The van der Waals surface area contributed by atoms with Gasteiger partial charge in [0.2, 0.25) is 0 Å². The fraction of sp³-hybridized carbons (Fsp3) is 0.688. The second-order valence-corrected chi connectivity index (χ2v) is 6.78. The first kappa shape index (κ1) is 17.5. The van der Waals surface area contributed by atoms with Crippen molar-refractivity contribution in [2.24, 2.45) is 11.8 Å². The minimum Gasteiger partial charge on any atom is -0.396 e. The van der Waals surface area contributed by atoms with Crippen LogP contribution in [0.5, 0.6) is 0 Å². The highest BCUT2D eigenvalue weighted by Crippen LogP contribution is 2.11. The van der Waals surface area contributed by atoms with E-state index in [1.807, 2.05) is 18.4 Å². The van der Waals surface area contributed by atoms with Crippen molar-refractivity contribution >= 4 is 11.2 Å². The fourth-order valence-electron chi connectivity index (χ4n) is 2.73. The van der Waals surface area contributed by atoms with Crippen LogP contribution >= 0.6 is 0 Å². The highest BCUT2D eigenvalue weighted by Gasteiger charge is 2.18. The summed E-state index contributed by atoms with van der Waals surface area (Å²) in [4.78, 5) is 29.8. The zero-order valence-corrected chi connectivity index (χ0v) is 14.3. The van der Waals surface area contributed by atoms with Crippen molar-refractivity contribution in [1.82, 2.24) is 18.7 Å². The van der Waals surface area contributed by atoms with E-state index >= 15 is 0 Å². The van der Waals surface area contributed by atoms with Crippen LogP contribution in [0.2, 0.25) is 0 Å². The standard InChI is InChI=1S/C16H26N4O3/c1-11(2)8-18-10-17-14-13(18)15(22)19(6-5-7-21)16(23)20(14)9-12(3)4/h10-12,21H,5-9H2,1-4H3. The van der Waals surface area contributed by atoms with Crippen LogP contribution in [0, 0.1) is 11.8 Å². The Kier molecular flexibility index (Phi) is 5.41. The number of hydrogen-bond donors (Lipinski definition) is 1. The molecule has 1 N–H and O–H groups in total. The smallest absolute Gasteiger partial charge is 0.332 e. The van der Waals surface area contributed by atoms with Crippen molar-refractivity contribution in [3.63, 3.8) is 0 Å². The van der Waals surface area contributed by atoms with Crippen LogP contribution in [-0.2, 0) is 19.6 Å². The Hall–Kier alpha value is -1.89. The molecule has 2 heterocycles. The molecule has 0 aliphatic heterocycles. The van der Waals surface area contributed by atoms with E-state index in [0.717, 1.165) is 0 Å². The van der Waals surface area contributed by atoms with Gasteiger partial charge in [0.1, 0.15) is 0 Å². The molecule has 128 valence electrons. The zero-order chi connectivity index (χ0) is 17.1. The van der Waals surface area contributed by atoms with Gasteiger partial charge in [-0.15, -0.1) is 0 Å². The molecule has 0 fully saturated rings. The summed E-state index contributed by atoms with van der Waals surface area (Å²) < 4.78 is 4.63. The summed E-state index contributed by atoms with van der Waals surface area (Å²) in [6.45, 7) is 9.52. The fourth-order valence-corrected chi connectivity index (χ4v) is 2.73.